The van der Waals surface area contributed by atoms with Gasteiger partial charge in [0.2, 0.25) is 0 Å². The maximum absolute atomic E-state index is 11.9. The largest absolute Gasteiger partial charge is 0.393 e. The third-order valence-electron chi connectivity index (χ3n) is 14.1. The molecule has 36 heavy (non-hydrogen) atoms. The van der Waals surface area contributed by atoms with Gasteiger partial charge in [-0.25, -0.2) is 0 Å². The van der Waals surface area contributed by atoms with Crippen molar-refractivity contribution in [1.82, 2.24) is 0 Å². The first-order valence-corrected chi connectivity index (χ1v) is 14.6. The van der Waals surface area contributed by atoms with E-state index < -0.39 is 29.5 Å². The maximum atomic E-state index is 11.9. The minimum atomic E-state index is -0.926. The smallest absolute Gasteiger partial charge is 0.0865 e. The summed E-state index contributed by atoms with van der Waals surface area (Å²) in [5, 5.41) is 45.6. The quantitative estimate of drug-likeness (QED) is 0.460. The molecule has 5 aliphatic carbocycles. The molecule has 0 aromatic heterocycles. The van der Waals surface area contributed by atoms with Gasteiger partial charge in [0.05, 0.1) is 47.8 Å². The Labute approximate surface area is 216 Å². The van der Waals surface area contributed by atoms with Gasteiger partial charge in [-0.2, -0.15) is 0 Å². The standard InChI is InChI=1S/C30H48O6/c1-24(2)18(33)11-20-30-14-29(30)13-21(35-20)28(7)23(27(6)9-8-19(36-27)25(3,4)34)16(32)12-26(28,5)17(29)10-15(31)22(24)30/h15-23,31-34H,8-14H2,1-7H3/t15-,16-,17?,18-,19-,20?,21+,22?,23+,26-,27+,28+,29-,30-/m0/s1. The van der Waals surface area contributed by atoms with Gasteiger partial charge in [-0.1, -0.05) is 27.7 Å². The van der Waals surface area contributed by atoms with Crippen LogP contribution in [0.1, 0.15) is 93.4 Å². The van der Waals surface area contributed by atoms with Crippen LogP contribution in [-0.2, 0) is 9.47 Å². The van der Waals surface area contributed by atoms with Gasteiger partial charge < -0.3 is 29.9 Å². The van der Waals surface area contributed by atoms with Crippen molar-refractivity contribution < 1.29 is 29.9 Å². The second-order valence-corrected chi connectivity index (χ2v) is 16.2. The highest BCUT2D eigenvalue weighted by molar-refractivity contribution is 5.38. The molecule has 0 amide bonds. The zero-order valence-electron chi connectivity index (χ0n) is 23.3. The van der Waals surface area contributed by atoms with Crippen LogP contribution in [0.4, 0.5) is 0 Å². The van der Waals surface area contributed by atoms with Crippen LogP contribution in [0.2, 0.25) is 0 Å². The fourth-order valence-electron chi connectivity index (χ4n) is 12.6. The number of aliphatic hydroxyl groups is 4. The summed E-state index contributed by atoms with van der Waals surface area (Å²) in [5.74, 6) is 0.259. The van der Waals surface area contributed by atoms with E-state index in [1.54, 1.807) is 0 Å². The topological polar surface area (TPSA) is 99.4 Å². The van der Waals surface area contributed by atoms with Crippen molar-refractivity contribution in [2.24, 2.45) is 44.8 Å². The summed E-state index contributed by atoms with van der Waals surface area (Å²) in [7, 11) is 0. The molecule has 6 heteroatoms. The molecule has 4 N–H and O–H groups in total. The highest BCUT2D eigenvalue weighted by Crippen LogP contribution is 2.91. The Hall–Kier alpha value is -0.240. The molecule has 0 radical (unpaired) electrons. The predicted octanol–water partition coefficient (Wildman–Crippen LogP) is 3.42. The number of ether oxygens (including phenoxy) is 2. The van der Waals surface area contributed by atoms with Crippen molar-refractivity contribution in [2.75, 3.05) is 0 Å². The molecule has 2 bridgehead atoms. The highest BCUT2D eigenvalue weighted by atomic mass is 16.5. The van der Waals surface area contributed by atoms with Gasteiger partial charge in [0.1, 0.15) is 0 Å². The summed E-state index contributed by atoms with van der Waals surface area (Å²) in [4.78, 5) is 0. The Balaban J connectivity index is 1.34. The van der Waals surface area contributed by atoms with E-state index in [0.29, 0.717) is 18.8 Å². The van der Waals surface area contributed by atoms with Crippen LogP contribution in [0.3, 0.4) is 0 Å². The molecule has 2 saturated heterocycles. The maximum Gasteiger partial charge on any atom is 0.0865 e. The Morgan fingerprint density at radius 1 is 0.861 bits per heavy atom. The van der Waals surface area contributed by atoms with Crippen LogP contribution in [0.5, 0.6) is 0 Å². The van der Waals surface area contributed by atoms with Gasteiger partial charge in [-0.05, 0) is 81.5 Å². The predicted molar refractivity (Wildman–Crippen MR) is 134 cm³/mol. The van der Waals surface area contributed by atoms with Crippen molar-refractivity contribution in [3.63, 3.8) is 0 Å². The molecule has 5 saturated carbocycles. The van der Waals surface area contributed by atoms with Crippen molar-refractivity contribution in [3.05, 3.63) is 0 Å². The summed E-state index contributed by atoms with van der Waals surface area (Å²) in [6, 6.07) is 0. The van der Waals surface area contributed by atoms with Crippen molar-refractivity contribution in [1.29, 1.82) is 0 Å². The van der Waals surface area contributed by atoms with Crippen LogP contribution in [0, 0.1) is 44.8 Å². The molecule has 2 spiro atoms. The van der Waals surface area contributed by atoms with Gasteiger partial charge in [-0.15, -0.1) is 0 Å². The van der Waals surface area contributed by atoms with Crippen LogP contribution in [0.15, 0.2) is 0 Å². The number of hydrogen-bond acceptors (Lipinski definition) is 6. The summed E-state index contributed by atoms with van der Waals surface area (Å²) >= 11 is 0. The molecule has 7 rings (SSSR count). The minimum absolute atomic E-state index is 0.00700. The van der Waals surface area contributed by atoms with Crippen molar-refractivity contribution in [2.45, 2.75) is 141 Å². The van der Waals surface area contributed by atoms with E-state index in [2.05, 4.69) is 34.6 Å². The molecule has 2 heterocycles. The number of hydrogen-bond donors (Lipinski definition) is 4. The zero-order valence-corrected chi connectivity index (χ0v) is 23.3. The second-order valence-electron chi connectivity index (χ2n) is 16.2. The molecule has 6 nitrogen and oxygen atoms in total. The molecule has 204 valence electrons. The summed E-state index contributed by atoms with van der Waals surface area (Å²) < 4.78 is 13.8. The molecule has 0 aromatic carbocycles. The lowest BCUT2D eigenvalue weighted by Crippen LogP contribution is -2.72. The Bertz CT molecular complexity index is 990. The number of aliphatic hydroxyl groups excluding tert-OH is 3. The first-order chi connectivity index (χ1) is 16.5. The van der Waals surface area contributed by atoms with Crippen LogP contribution >= 0.6 is 0 Å². The third-order valence-corrected chi connectivity index (χ3v) is 14.1. The lowest BCUT2D eigenvalue weighted by molar-refractivity contribution is -0.322. The molecule has 7 fully saturated rings. The lowest BCUT2D eigenvalue weighted by atomic mass is 9.39. The fourth-order valence-corrected chi connectivity index (χ4v) is 12.6. The van der Waals surface area contributed by atoms with E-state index in [4.69, 9.17) is 9.47 Å². The molecular formula is C30H48O6. The third kappa shape index (κ3) is 2.40. The summed E-state index contributed by atoms with van der Waals surface area (Å²) in [5.41, 5.74) is -2.24. The second kappa shape index (κ2) is 6.55. The van der Waals surface area contributed by atoms with Gasteiger partial charge in [0.25, 0.3) is 0 Å². The Morgan fingerprint density at radius 2 is 1.56 bits per heavy atom. The van der Waals surface area contributed by atoms with E-state index in [0.717, 1.165) is 32.1 Å². The van der Waals surface area contributed by atoms with E-state index >= 15 is 0 Å². The molecule has 2 aliphatic heterocycles. The molecular weight excluding hydrogens is 456 g/mol. The Morgan fingerprint density at radius 3 is 2.19 bits per heavy atom. The first kappa shape index (κ1) is 24.8. The molecule has 14 atom stereocenters. The lowest BCUT2D eigenvalue weighted by Gasteiger charge is -2.70. The summed E-state index contributed by atoms with van der Waals surface area (Å²) in [6.07, 6.45) is 3.98. The van der Waals surface area contributed by atoms with Gasteiger partial charge in [0, 0.05) is 29.1 Å². The van der Waals surface area contributed by atoms with Gasteiger partial charge in [0.15, 0.2) is 0 Å². The average molecular weight is 505 g/mol. The van der Waals surface area contributed by atoms with E-state index in [9.17, 15) is 20.4 Å². The van der Waals surface area contributed by atoms with E-state index in [-0.39, 0.29) is 57.2 Å². The van der Waals surface area contributed by atoms with Crippen LogP contribution in [0.25, 0.3) is 0 Å². The molecule has 0 aromatic rings. The van der Waals surface area contributed by atoms with E-state index in [1.165, 1.54) is 0 Å². The minimum Gasteiger partial charge on any atom is -0.393 e. The Kier molecular flexibility index (Phi) is 4.51. The van der Waals surface area contributed by atoms with Gasteiger partial charge in [-0.3, -0.25) is 0 Å². The highest BCUT2D eigenvalue weighted by Gasteiger charge is 2.90. The zero-order chi connectivity index (χ0) is 26.1. The average Bonchev–Trinajstić information content (AvgIpc) is 3.17. The molecule has 3 unspecified atom stereocenters. The monoisotopic (exact) mass is 504 g/mol. The number of fused-ring (bicyclic) bond motifs is 4. The van der Waals surface area contributed by atoms with Crippen LogP contribution in [-0.4, -0.2) is 68.3 Å². The normalized spacial score (nSPS) is 64.6. The number of rotatable bonds is 2. The van der Waals surface area contributed by atoms with Crippen molar-refractivity contribution in [3.8, 4) is 0 Å². The van der Waals surface area contributed by atoms with Crippen LogP contribution < -0.4 is 0 Å². The first-order valence-electron chi connectivity index (χ1n) is 14.6. The SMILES string of the molecule is CC(C)(O)[C@@H]1CC[C@](C)([C@H]2[C@@H](O)C[C@@]3(C)C4C[C@H](O)C5C(C)(C)[C@@H](O)CC6O[C@H](C[C@]47C[C@]657)[C@]23C)O1. The van der Waals surface area contributed by atoms with E-state index in [1.807, 2.05) is 13.8 Å². The van der Waals surface area contributed by atoms with Gasteiger partial charge >= 0.3 is 0 Å². The molecule has 7 aliphatic rings. The summed E-state index contributed by atoms with van der Waals surface area (Å²) in [6.45, 7) is 14.8. The van der Waals surface area contributed by atoms with Crippen molar-refractivity contribution >= 4 is 0 Å². The fraction of sp³-hybridized carbons (Fsp3) is 1.00.